The zero-order chi connectivity index (χ0) is 16.7. The van der Waals surface area contributed by atoms with Crippen LogP contribution < -0.4 is 10.6 Å². The summed E-state index contributed by atoms with van der Waals surface area (Å²) in [5.41, 5.74) is 0.672. The highest BCUT2D eigenvalue weighted by Gasteiger charge is 2.22. The summed E-state index contributed by atoms with van der Waals surface area (Å²) in [4.78, 5) is 24.5. The van der Waals surface area contributed by atoms with Gasteiger partial charge in [-0.3, -0.25) is 9.59 Å². The predicted molar refractivity (Wildman–Crippen MR) is 95.7 cm³/mol. The highest BCUT2D eigenvalue weighted by molar-refractivity contribution is 9.10. The van der Waals surface area contributed by atoms with Gasteiger partial charge in [-0.05, 0) is 48.8 Å². The summed E-state index contributed by atoms with van der Waals surface area (Å²) in [6.07, 6.45) is 3.92. The third-order valence-corrected chi connectivity index (χ3v) is 4.21. The molecule has 7 heteroatoms. The first-order valence-electron chi connectivity index (χ1n) is 7.00. The van der Waals surface area contributed by atoms with Crippen molar-refractivity contribution in [3.8, 4) is 0 Å². The van der Waals surface area contributed by atoms with Crippen LogP contribution in [0.4, 0.5) is 5.69 Å². The van der Waals surface area contributed by atoms with E-state index in [4.69, 9.17) is 4.42 Å². The Hall–Kier alpha value is -1.73. The minimum Gasteiger partial charge on any atom is -0.459 e. The van der Waals surface area contributed by atoms with Gasteiger partial charge in [0.1, 0.15) is 6.04 Å². The third-order valence-electron chi connectivity index (χ3n) is 3.07. The maximum atomic E-state index is 12.5. The molecule has 2 amide bonds. The molecule has 0 unspecified atom stereocenters. The monoisotopic (exact) mass is 396 g/mol. The fraction of sp³-hybridized carbons (Fsp3) is 0.250. The summed E-state index contributed by atoms with van der Waals surface area (Å²) in [6.45, 7) is 0. The molecule has 0 bridgehead atoms. The summed E-state index contributed by atoms with van der Waals surface area (Å²) >= 11 is 4.98. The minimum atomic E-state index is -0.626. The molecular formula is C16H17BrN2O3S. The molecule has 0 radical (unpaired) electrons. The van der Waals surface area contributed by atoms with Crippen molar-refractivity contribution in [1.82, 2.24) is 5.32 Å². The van der Waals surface area contributed by atoms with E-state index in [0.717, 1.165) is 10.2 Å². The van der Waals surface area contributed by atoms with Crippen LogP contribution in [-0.4, -0.2) is 29.9 Å². The van der Waals surface area contributed by atoms with Crippen molar-refractivity contribution in [2.24, 2.45) is 0 Å². The first kappa shape index (κ1) is 17.6. The predicted octanol–water partition coefficient (Wildman–Crippen LogP) is 3.53. The van der Waals surface area contributed by atoms with Crippen molar-refractivity contribution >= 4 is 45.2 Å². The van der Waals surface area contributed by atoms with Gasteiger partial charge in [-0.15, -0.1) is 0 Å². The minimum absolute atomic E-state index is 0.189. The van der Waals surface area contributed by atoms with E-state index in [1.165, 1.54) is 6.26 Å². The fourth-order valence-corrected chi connectivity index (χ4v) is 2.81. The first-order chi connectivity index (χ1) is 11.1. The van der Waals surface area contributed by atoms with Crippen LogP contribution in [0, 0.1) is 0 Å². The van der Waals surface area contributed by atoms with Gasteiger partial charge in [0.25, 0.3) is 5.91 Å². The van der Waals surface area contributed by atoms with Crippen molar-refractivity contribution in [1.29, 1.82) is 0 Å². The summed E-state index contributed by atoms with van der Waals surface area (Å²) < 4.78 is 5.93. The van der Waals surface area contributed by atoms with Crippen LogP contribution in [0.5, 0.6) is 0 Å². The van der Waals surface area contributed by atoms with Gasteiger partial charge in [0.2, 0.25) is 5.91 Å². The van der Waals surface area contributed by atoms with E-state index in [1.54, 1.807) is 36.0 Å². The second-order valence-electron chi connectivity index (χ2n) is 4.78. The lowest BCUT2D eigenvalue weighted by Crippen LogP contribution is -2.44. The van der Waals surface area contributed by atoms with Gasteiger partial charge >= 0.3 is 0 Å². The molecule has 1 aromatic heterocycles. The van der Waals surface area contributed by atoms with Crippen LogP contribution in [0.1, 0.15) is 17.0 Å². The number of benzene rings is 1. The van der Waals surface area contributed by atoms with Gasteiger partial charge in [-0.1, -0.05) is 22.0 Å². The van der Waals surface area contributed by atoms with Crippen molar-refractivity contribution < 1.29 is 14.0 Å². The fourth-order valence-electron chi connectivity index (χ4n) is 1.94. The van der Waals surface area contributed by atoms with Crippen molar-refractivity contribution in [2.75, 3.05) is 17.3 Å². The lowest BCUT2D eigenvalue weighted by Gasteiger charge is -2.17. The molecule has 0 aliphatic rings. The molecule has 0 saturated carbocycles. The van der Waals surface area contributed by atoms with E-state index in [-0.39, 0.29) is 11.7 Å². The molecule has 0 aliphatic heterocycles. The Bertz CT molecular complexity index is 661. The molecule has 0 spiro atoms. The largest absolute Gasteiger partial charge is 0.459 e. The summed E-state index contributed by atoms with van der Waals surface area (Å²) in [5, 5.41) is 5.54. The molecular weight excluding hydrogens is 380 g/mol. The normalized spacial score (nSPS) is 11.7. The Kier molecular flexibility index (Phi) is 6.73. The first-order valence-corrected chi connectivity index (χ1v) is 9.18. The lowest BCUT2D eigenvalue weighted by molar-refractivity contribution is -0.118. The number of furan rings is 1. The van der Waals surface area contributed by atoms with Crippen molar-refractivity contribution in [2.45, 2.75) is 12.5 Å². The average Bonchev–Trinajstić information content (AvgIpc) is 3.05. The van der Waals surface area contributed by atoms with Crippen LogP contribution >= 0.6 is 27.7 Å². The van der Waals surface area contributed by atoms with Crippen LogP contribution in [-0.2, 0) is 4.79 Å². The van der Waals surface area contributed by atoms with Crippen molar-refractivity contribution in [3.63, 3.8) is 0 Å². The Balaban J connectivity index is 2.04. The number of thioether (sulfide) groups is 1. The Morgan fingerprint density at radius 1 is 1.30 bits per heavy atom. The standard InChI is InChI=1S/C16H17BrN2O3S/c1-23-9-7-13(19-16(21)14-6-3-8-22-14)15(20)18-12-5-2-4-11(17)10-12/h2-6,8,10,13H,7,9H2,1H3,(H,18,20)(H,19,21)/t13-/m0/s1. The van der Waals surface area contributed by atoms with Gasteiger partial charge in [-0.25, -0.2) is 0 Å². The number of hydrogen-bond donors (Lipinski definition) is 2. The highest BCUT2D eigenvalue weighted by Crippen LogP contribution is 2.16. The van der Waals surface area contributed by atoms with E-state index in [2.05, 4.69) is 26.6 Å². The Labute approximate surface area is 147 Å². The molecule has 2 rings (SSSR count). The maximum Gasteiger partial charge on any atom is 0.287 e. The van der Waals surface area contributed by atoms with E-state index < -0.39 is 11.9 Å². The third kappa shape index (κ3) is 5.44. The lowest BCUT2D eigenvalue weighted by atomic mass is 10.2. The zero-order valence-corrected chi connectivity index (χ0v) is 14.9. The van der Waals surface area contributed by atoms with Crippen LogP contribution in [0.15, 0.2) is 51.6 Å². The topological polar surface area (TPSA) is 71.3 Å². The van der Waals surface area contributed by atoms with E-state index in [9.17, 15) is 9.59 Å². The second kappa shape index (κ2) is 8.79. The molecule has 2 aromatic rings. The number of carbonyl (C=O) groups excluding carboxylic acids is 2. The molecule has 1 heterocycles. The molecule has 0 aliphatic carbocycles. The number of anilines is 1. The highest BCUT2D eigenvalue weighted by atomic mass is 79.9. The molecule has 2 N–H and O–H groups in total. The second-order valence-corrected chi connectivity index (χ2v) is 6.69. The maximum absolute atomic E-state index is 12.5. The van der Waals surface area contributed by atoms with Gasteiger partial charge in [0.15, 0.2) is 5.76 Å². The molecule has 0 saturated heterocycles. The summed E-state index contributed by atoms with van der Waals surface area (Å²) in [7, 11) is 0. The van der Waals surface area contributed by atoms with E-state index >= 15 is 0 Å². The number of hydrogen-bond acceptors (Lipinski definition) is 4. The van der Waals surface area contributed by atoms with Crippen molar-refractivity contribution in [3.05, 3.63) is 52.9 Å². The Morgan fingerprint density at radius 2 is 2.13 bits per heavy atom. The zero-order valence-electron chi connectivity index (χ0n) is 12.5. The number of nitrogens with one attached hydrogen (secondary N) is 2. The SMILES string of the molecule is CSCC[C@H](NC(=O)c1ccco1)C(=O)Nc1cccc(Br)c1. The molecule has 1 aromatic carbocycles. The number of rotatable bonds is 7. The summed E-state index contributed by atoms with van der Waals surface area (Å²) in [5.74, 6) is 0.298. The smallest absolute Gasteiger partial charge is 0.287 e. The number of halogens is 1. The Morgan fingerprint density at radius 3 is 2.78 bits per heavy atom. The van der Waals surface area contributed by atoms with E-state index in [1.807, 2.05) is 18.4 Å². The number of amides is 2. The van der Waals surface area contributed by atoms with Gasteiger partial charge in [-0.2, -0.15) is 11.8 Å². The molecule has 23 heavy (non-hydrogen) atoms. The number of carbonyl (C=O) groups is 2. The van der Waals surface area contributed by atoms with Crippen LogP contribution in [0.25, 0.3) is 0 Å². The van der Waals surface area contributed by atoms with Crippen LogP contribution in [0.2, 0.25) is 0 Å². The van der Waals surface area contributed by atoms with Gasteiger partial charge < -0.3 is 15.1 Å². The van der Waals surface area contributed by atoms with Gasteiger partial charge in [0.05, 0.1) is 6.26 Å². The molecule has 122 valence electrons. The van der Waals surface area contributed by atoms with E-state index in [0.29, 0.717) is 12.1 Å². The average molecular weight is 397 g/mol. The van der Waals surface area contributed by atoms with Gasteiger partial charge in [0, 0.05) is 10.2 Å². The van der Waals surface area contributed by atoms with Crippen LogP contribution in [0.3, 0.4) is 0 Å². The molecule has 5 nitrogen and oxygen atoms in total. The molecule has 0 fully saturated rings. The molecule has 1 atom stereocenters. The summed E-state index contributed by atoms with van der Waals surface area (Å²) in [6, 6.07) is 9.87. The quantitative estimate of drug-likeness (QED) is 0.750.